The Balaban J connectivity index is 1.46. The maximum Gasteiger partial charge on any atom is 0.422 e. The Kier molecular flexibility index (Phi) is 4.48. The third-order valence-corrected chi connectivity index (χ3v) is 4.68. The average Bonchev–Trinajstić information content (AvgIpc) is 3.06. The van der Waals surface area contributed by atoms with Crippen LogP contribution in [-0.4, -0.2) is 45.4 Å². The van der Waals surface area contributed by atoms with Crippen LogP contribution in [-0.2, 0) is 13.1 Å². The van der Waals surface area contributed by atoms with Gasteiger partial charge in [-0.3, -0.25) is 0 Å². The third-order valence-electron chi connectivity index (χ3n) is 4.68. The summed E-state index contributed by atoms with van der Waals surface area (Å²) >= 11 is 0. The summed E-state index contributed by atoms with van der Waals surface area (Å²) in [6, 6.07) is 5.34. The van der Waals surface area contributed by atoms with Crippen molar-refractivity contribution >= 4 is 22.8 Å². The van der Waals surface area contributed by atoms with Gasteiger partial charge in [0.1, 0.15) is 5.52 Å². The smallest absolute Gasteiger partial charge is 0.422 e. The predicted molar refractivity (Wildman–Crippen MR) is 98.5 cm³/mol. The van der Waals surface area contributed by atoms with Gasteiger partial charge in [-0.2, -0.15) is 18.2 Å². The number of rotatable bonds is 5. The number of hydrogen-bond donors (Lipinski definition) is 1. The van der Waals surface area contributed by atoms with Crippen molar-refractivity contribution in [2.75, 3.05) is 23.9 Å². The van der Waals surface area contributed by atoms with E-state index in [0.29, 0.717) is 18.5 Å². The number of likely N-dealkylation sites (N-methyl/N-ethyl adjacent to an activating group) is 1. The van der Waals surface area contributed by atoms with Crippen LogP contribution in [0.3, 0.4) is 0 Å². The molecule has 148 valence electrons. The number of alkyl halides is 3. The van der Waals surface area contributed by atoms with Crippen molar-refractivity contribution in [3.63, 3.8) is 0 Å². The second-order valence-electron chi connectivity index (χ2n) is 6.79. The largest absolute Gasteiger partial charge is 0.468 e. The van der Waals surface area contributed by atoms with Gasteiger partial charge in [-0.25, -0.2) is 9.97 Å². The van der Waals surface area contributed by atoms with E-state index in [0.717, 1.165) is 29.0 Å². The minimum atomic E-state index is -4.39. The first-order valence-corrected chi connectivity index (χ1v) is 8.78. The van der Waals surface area contributed by atoms with Gasteiger partial charge in [0.25, 0.3) is 0 Å². The van der Waals surface area contributed by atoms with Crippen LogP contribution in [0.5, 0.6) is 5.88 Å². The lowest BCUT2D eigenvalue weighted by Gasteiger charge is -2.32. The topological polar surface area (TPSA) is 68.1 Å². The van der Waals surface area contributed by atoms with E-state index in [1.54, 1.807) is 6.07 Å². The van der Waals surface area contributed by atoms with E-state index >= 15 is 0 Å². The summed E-state index contributed by atoms with van der Waals surface area (Å²) < 4.78 is 43.3. The molecule has 7 nitrogen and oxygen atoms in total. The highest BCUT2D eigenvalue weighted by atomic mass is 19.4. The fraction of sp³-hybridized carbons (Fsp3) is 0.389. The van der Waals surface area contributed by atoms with Crippen molar-refractivity contribution in [2.24, 2.45) is 0 Å². The fourth-order valence-electron chi connectivity index (χ4n) is 3.12. The molecule has 0 bridgehead atoms. The second-order valence-corrected chi connectivity index (χ2v) is 6.79. The first-order valence-electron chi connectivity index (χ1n) is 8.78. The van der Waals surface area contributed by atoms with Crippen LogP contribution in [0.15, 0.2) is 30.6 Å². The Morgan fingerprint density at radius 3 is 2.79 bits per heavy atom. The summed E-state index contributed by atoms with van der Waals surface area (Å²) in [5, 5.41) is 3.15. The molecule has 0 aromatic carbocycles. The molecule has 0 saturated carbocycles. The molecular formula is C18H19F3N6O. The quantitative estimate of drug-likeness (QED) is 0.719. The molecule has 0 amide bonds. The van der Waals surface area contributed by atoms with Gasteiger partial charge in [0, 0.05) is 44.6 Å². The van der Waals surface area contributed by atoms with Crippen LogP contribution in [0.4, 0.5) is 24.9 Å². The Labute approximate surface area is 159 Å². The van der Waals surface area contributed by atoms with E-state index in [2.05, 4.69) is 41.4 Å². The normalized spacial score (nSPS) is 16.5. The van der Waals surface area contributed by atoms with E-state index in [9.17, 15) is 13.2 Å². The summed E-state index contributed by atoms with van der Waals surface area (Å²) in [5.74, 6) is 1.28. The van der Waals surface area contributed by atoms with Crippen molar-refractivity contribution in [3.8, 4) is 5.88 Å². The summed E-state index contributed by atoms with van der Waals surface area (Å²) in [6.45, 7) is 2.05. The number of nitrogens with zero attached hydrogens (tertiary/aromatic N) is 5. The van der Waals surface area contributed by atoms with Gasteiger partial charge in [0.2, 0.25) is 11.8 Å². The van der Waals surface area contributed by atoms with E-state index in [4.69, 9.17) is 0 Å². The zero-order valence-electron chi connectivity index (χ0n) is 15.4. The van der Waals surface area contributed by atoms with Crippen LogP contribution in [0.1, 0.15) is 12.5 Å². The molecule has 0 aliphatic carbocycles. The molecule has 0 unspecified atom stereocenters. The predicted octanol–water partition coefficient (Wildman–Crippen LogP) is 3.22. The van der Waals surface area contributed by atoms with E-state index in [1.165, 1.54) is 12.3 Å². The maximum absolute atomic E-state index is 12.2. The van der Waals surface area contributed by atoms with E-state index in [-0.39, 0.29) is 5.88 Å². The number of hydrogen-bond acceptors (Lipinski definition) is 6. The highest BCUT2D eigenvalue weighted by Crippen LogP contribution is 2.31. The fourth-order valence-corrected chi connectivity index (χ4v) is 3.12. The molecule has 3 aromatic rings. The van der Waals surface area contributed by atoms with Crippen LogP contribution in [0.25, 0.3) is 11.0 Å². The van der Waals surface area contributed by atoms with Gasteiger partial charge in [-0.15, -0.1) is 0 Å². The SMILES string of the molecule is C[C@H]1Cn2ccc3nc(NCc4ccc(OCC(F)(F)F)nc4)nc(c32)N1C. The first kappa shape index (κ1) is 18.3. The molecular weight excluding hydrogens is 373 g/mol. The number of aromatic nitrogens is 4. The number of halogens is 3. The molecule has 1 atom stereocenters. The lowest BCUT2D eigenvalue weighted by atomic mass is 10.2. The molecule has 1 aliphatic heterocycles. The van der Waals surface area contributed by atoms with Gasteiger partial charge < -0.3 is 19.5 Å². The average molecular weight is 392 g/mol. The summed E-state index contributed by atoms with van der Waals surface area (Å²) in [6.07, 6.45) is -0.909. The van der Waals surface area contributed by atoms with E-state index in [1.807, 2.05) is 19.3 Å². The molecule has 0 spiro atoms. The zero-order valence-corrected chi connectivity index (χ0v) is 15.4. The minimum absolute atomic E-state index is 0.0693. The Hall–Kier alpha value is -3.04. The lowest BCUT2D eigenvalue weighted by molar-refractivity contribution is -0.154. The molecule has 4 heterocycles. The molecule has 1 N–H and O–H groups in total. The highest BCUT2D eigenvalue weighted by molar-refractivity contribution is 5.89. The third kappa shape index (κ3) is 3.67. The molecule has 1 aliphatic rings. The monoisotopic (exact) mass is 392 g/mol. The van der Waals surface area contributed by atoms with E-state index < -0.39 is 12.8 Å². The maximum atomic E-state index is 12.2. The van der Waals surface area contributed by atoms with Crippen molar-refractivity contribution in [1.82, 2.24) is 19.5 Å². The number of pyridine rings is 1. The molecule has 3 aromatic heterocycles. The van der Waals surface area contributed by atoms with Crippen molar-refractivity contribution < 1.29 is 17.9 Å². The Bertz CT molecular complexity index is 985. The molecule has 28 heavy (non-hydrogen) atoms. The molecule has 0 radical (unpaired) electrons. The van der Waals surface area contributed by atoms with Gasteiger partial charge in [0.15, 0.2) is 12.4 Å². The van der Waals surface area contributed by atoms with Crippen LogP contribution >= 0.6 is 0 Å². The molecule has 0 saturated heterocycles. The second kappa shape index (κ2) is 6.84. The number of ether oxygens (including phenoxy) is 1. The van der Waals surface area contributed by atoms with Gasteiger partial charge >= 0.3 is 6.18 Å². The summed E-state index contributed by atoms with van der Waals surface area (Å²) in [5.41, 5.74) is 2.65. The highest BCUT2D eigenvalue weighted by Gasteiger charge is 2.28. The standard InChI is InChI=1S/C18H19F3N6O/c1-11-9-27-6-5-13-15(27)16(26(11)2)25-17(24-13)23-8-12-3-4-14(22-7-12)28-10-18(19,20)21/h3-7,11H,8-10H2,1-2H3,(H,23,24,25)/t11-/m0/s1. The molecule has 10 heteroatoms. The minimum Gasteiger partial charge on any atom is -0.468 e. The molecule has 4 rings (SSSR count). The summed E-state index contributed by atoms with van der Waals surface area (Å²) in [4.78, 5) is 15.2. The van der Waals surface area contributed by atoms with Gasteiger partial charge in [-0.05, 0) is 18.6 Å². The summed E-state index contributed by atoms with van der Waals surface area (Å²) in [7, 11) is 2.01. The lowest BCUT2D eigenvalue weighted by Crippen LogP contribution is -2.37. The Morgan fingerprint density at radius 2 is 2.07 bits per heavy atom. The van der Waals surface area contributed by atoms with Gasteiger partial charge in [-0.1, -0.05) is 6.07 Å². The van der Waals surface area contributed by atoms with Crippen LogP contribution < -0.4 is 15.0 Å². The Morgan fingerprint density at radius 1 is 1.25 bits per heavy atom. The zero-order chi connectivity index (χ0) is 19.9. The number of nitrogens with one attached hydrogen (secondary N) is 1. The number of anilines is 2. The first-order chi connectivity index (χ1) is 13.3. The van der Waals surface area contributed by atoms with Crippen molar-refractivity contribution in [2.45, 2.75) is 32.2 Å². The van der Waals surface area contributed by atoms with Crippen molar-refractivity contribution in [1.29, 1.82) is 0 Å². The van der Waals surface area contributed by atoms with Crippen molar-refractivity contribution in [3.05, 3.63) is 36.2 Å². The van der Waals surface area contributed by atoms with Crippen LogP contribution in [0.2, 0.25) is 0 Å². The van der Waals surface area contributed by atoms with Crippen LogP contribution in [0, 0.1) is 0 Å². The van der Waals surface area contributed by atoms with Gasteiger partial charge in [0.05, 0.1) is 5.52 Å². The molecule has 0 fully saturated rings.